The number of imidazole rings is 1. The second kappa shape index (κ2) is 7.70. The first-order valence-electron chi connectivity index (χ1n) is 8.59. The van der Waals surface area contributed by atoms with Gasteiger partial charge >= 0.3 is 0 Å². The van der Waals surface area contributed by atoms with Crippen LogP contribution in [0, 0.1) is 0 Å². The third-order valence-electron chi connectivity index (χ3n) is 4.16. The third-order valence-corrected chi connectivity index (χ3v) is 4.16. The molecule has 0 radical (unpaired) electrons. The highest BCUT2D eigenvalue weighted by atomic mass is 16.5. The molecule has 6 nitrogen and oxygen atoms in total. The van der Waals surface area contributed by atoms with Gasteiger partial charge in [0.1, 0.15) is 17.9 Å². The Labute approximate surface area is 156 Å². The van der Waals surface area contributed by atoms with E-state index in [1.807, 2.05) is 65.4 Å². The van der Waals surface area contributed by atoms with E-state index in [9.17, 15) is 4.79 Å². The minimum Gasteiger partial charge on any atom is -0.484 e. The number of hydrogen-bond acceptors (Lipinski definition) is 4. The molecule has 1 amide bonds. The number of nitrogens with zero attached hydrogens (tertiary/aromatic N) is 3. The monoisotopic (exact) mass is 358 g/mol. The van der Waals surface area contributed by atoms with Gasteiger partial charge in [-0.2, -0.15) is 0 Å². The number of aromatic nitrogens is 3. The summed E-state index contributed by atoms with van der Waals surface area (Å²) < 4.78 is 7.41. The summed E-state index contributed by atoms with van der Waals surface area (Å²) in [5.74, 6) is 1.28. The number of carbonyl (C=O) groups is 1. The van der Waals surface area contributed by atoms with Crippen molar-refractivity contribution in [3.8, 4) is 11.6 Å². The Kier molecular flexibility index (Phi) is 4.78. The largest absolute Gasteiger partial charge is 0.484 e. The van der Waals surface area contributed by atoms with E-state index in [1.165, 1.54) is 0 Å². The average molecular weight is 358 g/mol. The summed E-state index contributed by atoms with van der Waals surface area (Å²) in [5, 5.41) is 5.06. The topological polar surface area (TPSA) is 69.0 Å². The van der Waals surface area contributed by atoms with Crippen molar-refractivity contribution in [3.05, 3.63) is 85.1 Å². The smallest absolute Gasteiger partial charge is 0.258 e. The van der Waals surface area contributed by atoms with Crippen LogP contribution in [0.2, 0.25) is 0 Å². The summed E-state index contributed by atoms with van der Waals surface area (Å²) in [4.78, 5) is 20.4. The van der Waals surface area contributed by atoms with E-state index in [0.29, 0.717) is 12.3 Å². The lowest BCUT2D eigenvalue weighted by atomic mass is 10.1. The van der Waals surface area contributed by atoms with Crippen LogP contribution < -0.4 is 10.1 Å². The van der Waals surface area contributed by atoms with Crippen molar-refractivity contribution in [2.75, 3.05) is 6.61 Å². The van der Waals surface area contributed by atoms with Crippen molar-refractivity contribution in [1.29, 1.82) is 0 Å². The Morgan fingerprint density at radius 1 is 1.07 bits per heavy atom. The molecule has 0 atom stereocenters. The Balaban J connectivity index is 1.29. The number of fused-ring (bicyclic) bond motifs is 1. The van der Waals surface area contributed by atoms with Crippen LogP contribution in [-0.2, 0) is 11.3 Å². The summed E-state index contributed by atoms with van der Waals surface area (Å²) in [5.41, 5.74) is 0.915. The third kappa shape index (κ3) is 4.12. The van der Waals surface area contributed by atoms with Gasteiger partial charge in [0, 0.05) is 25.1 Å². The average Bonchev–Trinajstić information content (AvgIpc) is 3.26. The molecule has 0 saturated carbocycles. The predicted octanol–water partition coefficient (Wildman–Crippen LogP) is 3.12. The minimum atomic E-state index is -0.179. The van der Waals surface area contributed by atoms with Crippen LogP contribution in [0.5, 0.6) is 5.75 Å². The fourth-order valence-electron chi connectivity index (χ4n) is 2.73. The van der Waals surface area contributed by atoms with Gasteiger partial charge in [-0.05, 0) is 34.5 Å². The van der Waals surface area contributed by atoms with E-state index in [2.05, 4.69) is 15.3 Å². The standard InChI is InChI=1S/C21H18N4O2/c26-21(14-27-19-7-6-17-3-1-2-4-18(17)11-19)24-13-16-5-8-20(23-12-16)25-10-9-22-15-25/h1-12,15H,13-14H2,(H,24,26). The molecule has 0 unspecified atom stereocenters. The lowest BCUT2D eigenvalue weighted by molar-refractivity contribution is -0.123. The molecule has 2 heterocycles. The van der Waals surface area contributed by atoms with Crippen molar-refractivity contribution in [3.63, 3.8) is 0 Å². The molecule has 0 bridgehead atoms. The predicted molar refractivity (Wildman–Crippen MR) is 103 cm³/mol. The lowest BCUT2D eigenvalue weighted by Gasteiger charge is -2.09. The molecule has 2 aromatic carbocycles. The van der Waals surface area contributed by atoms with Crippen LogP contribution in [0.1, 0.15) is 5.56 Å². The fraction of sp³-hybridized carbons (Fsp3) is 0.0952. The van der Waals surface area contributed by atoms with Crippen molar-refractivity contribution in [2.24, 2.45) is 0 Å². The van der Waals surface area contributed by atoms with E-state index >= 15 is 0 Å². The molecule has 2 aromatic heterocycles. The van der Waals surface area contributed by atoms with Crippen LogP contribution in [0.3, 0.4) is 0 Å². The molecule has 27 heavy (non-hydrogen) atoms. The van der Waals surface area contributed by atoms with Crippen molar-refractivity contribution < 1.29 is 9.53 Å². The molecule has 6 heteroatoms. The molecule has 4 rings (SSSR count). The number of rotatable bonds is 6. The van der Waals surface area contributed by atoms with Gasteiger partial charge in [0.25, 0.3) is 5.91 Å². The number of carbonyl (C=O) groups excluding carboxylic acids is 1. The van der Waals surface area contributed by atoms with Gasteiger partial charge in [-0.25, -0.2) is 9.97 Å². The van der Waals surface area contributed by atoms with Crippen LogP contribution >= 0.6 is 0 Å². The number of nitrogens with one attached hydrogen (secondary N) is 1. The molecule has 0 spiro atoms. The first kappa shape index (κ1) is 16.8. The SMILES string of the molecule is O=C(COc1ccc2ccccc2c1)NCc1ccc(-n2ccnc2)nc1. The molecule has 4 aromatic rings. The molecule has 0 aliphatic carbocycles. The van der Waals surface area contributed by atoms with Crippen molar-refractivity contribution in [2.45, 2.75) is 6.54 Å². The maximum Gasteiger partial charge on any atom is 0.258 e. The second-order valence-corrected chi connectivity index (χ2v) is 6.07. The number of hydrogen-bond donors (Lipinski definition) is 1. The van der Waals surface area contributed by atoms with Crippen LogP contribution in [0.4, 0.5) is 0 Å². The maximum absolute atomic E-state index is 12.0. The van der Waals surface area contributed by atoms with Gasteiger partial charge in [-0.15, -0.1) is 0 Å². The van der Waals surface area contributed by atoms with Gasteiger partial charge < -0.3 is 10.1 Å². The molecule has 0 aliphatic rings. The second-order valence-electron chi connectivity index (χ2n) is 6.07. The molecular formula is C21H18N4O2. The summed E-state index contributed by atoms with van der Waals surface area (Å²) in [6.07, 6.45) is 6.95. The van der Waals surface area contributed by atoms with E-state index in [-0.39, 0.29) is 12.5 Å². The van der Waals surface area contributed by atoms with Gasteiger partial charge in [-0.3, -0.25) is 9.36 Å². The Morgan fingerprint density at radius 3 is 2.74 bits per heavy atom. The number of amides is 1. The summed E-state index contributed by atoms with van der Waals surface area (Å²) in [6.45, 7) is 0.371. The van der Waals surface area contributed by atoms with E-state index in [4.69, 9.17) is 4.74 Å². The van der Waals surface area contributed by atoms with E-state index in [0.717, 1.165) is 22.2 Å². The zero-order valence-corrected chi connectivity index (χ0v) is 14.6. The van der Waals surface area contributed by atoms with Gasteiger partial charge in [0.2, 0.25) is 0 Å². The van der Waals surface area contributed by atoms with Crippen molar-refractivity contribution in [1.82, 2.24) is 19.9 Å². The Hall–Kier alpha value is -3.67. The van der Waals surface area contributed by atoms with E-state index in [1.54, 1.807) is 18.7 Å². The number of benzene rings is 2. The quantitative estimate of drug-likeness (QED) is 0.575. The summed E-state index contributed by atoms with van der Waals surface area (Å²) in [6, 6.07) is 17.6. The maximum atomic E-state index is 12.0. The molecule has 0 fully saturated rings. The first-order chi connectivity index (χ1) is 13.3. The molecular weight excluding hydrogens is 340 g/mol. The summed E-state index contributed by atoms with van der Waals surface area (Å²) >= 11 is 0. The summed E-state index contributed by atoms with van der Waals surface area (Å²) in [7, 11) is 0. The number of pyridine rings is 1. The Morgan fingerprint density at radius 2 is 1.96 bits per heavy atom. The first-order valence-corrected chi connectivity index (χ1v) is 8.59. The van der Waals surface area contributed by atoms with Gasteiger partial charge in [-0.1, -0.05) is 36.4 Å². The van der Waals surface area contributed by atoms with Gasteiger partial charge in [0.05, 0.1) is 0 Å². The van der Waals surface area contributed by atoms with Crippen LogP contribution in [-0.4, -0.2) is 27.0 Å². The lowest BCUT2D eigenvalue weighted by Crippen LogP contribution is -2.28. The zero-order valence-electron chi connectivity index (χ0n) is 14.6. The zero-order chi connectivity index (χ0) is 18.5. The van der Waals surface area contributed by atoms with Crippen molar-refractivity contribution >= 4 is 16.7 Å². The molecule has 1 N–H and O–H groups in total. The highest BCUT2D eigenvalue weighted by Crippen LogP contribution is 2.20. The molecule has 0 aliphatic heterocycles. The van der Waals surface area contributed by atoms with Gasteiger partial charge in [0.15, 0.2) is 6.61 Å². The minimum absolute atomic E-state index is 0.0289. The normalized spacial score (nSPS) is 10.7. The number of ether oxygens (including phenoxy) is 1. The van der Waals surface area contributed by atoms with E-state index < -0.39 is 0 Å². The van der Waals surface area contributed by atoms with Crippen LogP contribution in [0.25, 0.3) is 16.6 Å². The highest BCUT2D eigenvalue weighted by Gasteiger charge is 2.05. The fourth-order valence-corrected chi connectivity index (χ4v) is 2.73. The van der Waals surface area contributed by atoms with Crippen LogP contribution in [0.15, 0.2) is 79.5 Å². The highest BCUT2D eigenvalue weighted by molar-refractivity contribution is 5.84. The molecule has 0 saturated heterocycles. The Bertz CT molecular complexity index is 1040. The molecule has 134 valence electrons.